The molecule has 1 saturated heterocycles. The number of aliphatic carboxylic acids is 1. The molecule has 1 N–H and O–H groups in total. The number of hydrogen-bond donors (Lipinski definition) is 1. The first-order valence-corrected chi connectivity index (χ1v) is 16.5. The third kappa shape index (κ3) is 10.2. The fourth-order valence-electron chi connectivity index (χ4n) is 5.89. The van der Waals surface area contributed by atoms with Gasteiger partial charge in [-0.15, -0.1) is 0 Å². The van der Waals surface area contributed by atoms with Gasteiger partial charge in [0.1, 0.15) is 0 Å². The zero-order chi connectivity index (χ0) is 29.9. The number of ether oxygens (including phenoxy) is 2. The number of nitrogens with one attached hydrogen (secondary N) is 1. The Balaban J connectivity index is 0.00000506. The molecule has 1 aliphatic heterocycles. The molecule has 1 saturated carbocycles. The van der Waals surface area contributed by atoms with Gasteiger partial charge in [-0.05, 0) is 91.3 Å². The number of likely N-dealkylation sites (tertiary alicyclic amines) is 1. The van der Waals surface area contributed by atoms with Gasteiger partial charge in [0.25, 0.3) is 5.91 Å². The van der Waals surface area contributed by atoms with Crippen LogP contribution in [0.3, 0.4) is 0 Å². The van der Waals surface area contributed by atoms with Crippen molar-refractivity contribution in [3.8, 4) is 11.1 Å². The molecule has 2 aromatic rings. The van der Waals surface area contributed by atoms with E-state index in [-0.39, 0.29) is 48.1 Å². The molecule has 4 rings (SSSR count). The standard InChI is InChI=1S/C33H44N2O6S.Na/c1-23-9-6-7-13-27(23)29-19-25(14-15-28(29)31(36)34-30(32(37)38)16-18-42-2)20-40-22-26-12-8-17-35(26)33(39)41-21-24-10-4-3-5-11-24;/h6-7,9,13-15,19,24,26,30H,3-5,8,10-12,16-18,20-22H2,1-2H3,(H,34,36)(H,37,38);/q;+1/p-1/t26?,30-;/m0./s1. The summed E-state index contributed by atoms with van der Waals surface area (Å²) >= 11 is 1.52. The zero-order valence-electron chi connectivity index (χ0n) is 25.8. The van der Waals surface area contributed by atoms with Crippen LogP contribution in [0, 0.1) is 12.8 Å². The number of amides is 2. The number of rotatable bonds is 13. The number of nitrogens with zero attached hydrogens (tertiary/aromatic N) is 1. The topological polar surface area (TPSA) is 108 Å². The molecule has 10 heteroatoms. The molecule has 2 amide bonds. The molecule has 0 spiro atoms. The van der Waals surface area contributed by atoms with Crippen LogP contribution < -0.4 is 40.0 Å². The van der Waals surface area contributed by atoms with Crippen molar-refractivity contribution < 1.29 is 58.5 Å². The number of carbonyl (C=O) groups excluding carboxylic acids is 3. The van der Waals surface area contributed by atoms with Gasteiger partial charge in [0, 0.05) is 12.1 Å². The van der Waals surface area contributed by atoms with Crippen molar-refractivity contribution in [1.29, 1.82) is 0 Å². The summed E-state index contributed by atoms with van der Waals surface area (Å²) in [7, 11) is 0. The maximum atomic E-state index is 13.3. The first kappa shape index (κ1) is 35.4. The zero-order valence-corrected chi connectivity index (χ0v) is 28.6. The molecule has 0 radical (unpaired) electrons. The van der Waals surface area contributed by atoms with Crippen LogP contribution in [0.1, 0.15) is 72.9 Å². The fraction of sp³-hybridized carbons (Fsp3) is 0.545. The van der Waals surface area contributed by atoms with E-state index < -0.39 is 17.9 Å². The van der Waals surface area contributed by atoms with E-state index >= 15 is 0 Å². The summed E-state index contributed by atoms with van der Waals surface area (Å²) < 4.78 is 11.8. The van der Waals surface area contributed by atoms with Gasteiger partial charge >= 0.3 is 35.7 Å². The van der Waals surface area contributed by atoms with Crippen molar-refractivity contribution in [1.82, 2.24) is 10.2 Å². The second-order valence-corrected chi connectivity index (χ2v) is 12.4. The quantitative estimate of drug-likeness (QED) is 0.342. The van der Waals surface area contributed by atoms with Gasteiger partial charge < -0.3 is 29.6 Å². The molecule has 8 nitrogen and oxygen atoms in total. The molecule has 2 atom stereocenters. The van der Waals surface area contributed by atoms with E-state index in [0.29, 0.717) is 49.2 Å². The van der Waals surface area contributed by atoms with Crippen molar-refractivity contribution >= 4 is 29.7 Å². The molecule has 0 aromatic heterocycles. The number of carboxylic acids is 1. The summed E-state index contributed by atoms with van der Waals surface area (Å²) in [6.07, 6.45) is 9.74. The Morgan fingerprint density at radius 2 is 1.79 bits per heavy atom. The predicted molar refractivity (Wildman–Crippen MR) is 163 cm³/mol. The van der Waals surface area contributed by atoms with Crippen molar-refractivity contribution in [3.63, 3.8) is 0 Å². The minimum atomic E-state index is -1.29. The van der Waals surface area contributed by atoms with Crippen LogP contribution in [0.15, 0.2) is 42.5 Å². The third-order valence-corrected chi connectivity index (χ3v) is 8.97. The van der Waals surface area contributed by atoms with Crippen LogP contribution in [0.25, 0.3) is 11.1 Å². The van der Waals surface area contributed by atoms with E-state index in [1.54, 1.807) is 11.0 Å². The van der Waals surface area contributed by atoms with Crippen LogP contribution >= 0.6 is 11.8 Å². The van der Waals surface area contributed by atoms with E-state index in [0.717, 1.165) is 42.4 Å². The third-order valence-electron chi connectivity index (χ3n) is 8.32. The Bertz CT molecular complexity index is 1220. The smallest absolute Gasteiger partial charge is 0.548 e. The molecule has 1 aliphatic carbocycles. The SMILES string of the molecule is CSCC[C@H](NC(=O)c1ccc(COCC2CCCN2C(=O)OCC2CCCCC2)cc1-c1ccccc1C)C(=O)[O-].[Na+]. The van der Waals surface area contributed by atoms with Gasteiger partial charge in [0.05, 0.1) is 37.9 Å². The minimum Gasteiger partial charge on any atom is -0.548 e. The van der Waals surface area contributed by atoms with Crippen LogP contribution in [-0.4, -0.2) is 66.7 Å². The first-order valence-electron chi connectivity index (χ1n) is 15.1. The van der Waals surface area contributed by atoms with Gasteiger partial charge in [0.15, 0.2) is 0 Å². The van der Waals surface area contributed by atoms with E-state index in [1.165, 1.54) is 31.0 Å². The largest absolute Gasteiger partial charge is 1.00 e. The molecular weight excluding hydrogens is 575 g/mol. The van der Waals surface area contributed by atoms with Gasteiger partial charge in [-0.2, -0.15) is 11.8 Å². The molecule has 0 bridgehead atoms. The summed E-state index contributed by atoms with van der Waals surface area (Å²) in [4.78, 5) is 39.6. The first-order chi connectivity index (χ1) is 20.4. The number of benzene rings is 2. The van der Waals surface area contributed by atoms with Gasteiger partial charge in [-0.1, -0.05) is 49.6 Å². The Kier molecular flexibility index (Phi) is 14.9. The summed E-state index contributed by atoms with van der Waals surface area (Å²) in [5.74, 6) is -0.672. The Morgan fingerprint density at radius 1 is 1.02 bits per heavy atom. The van der Waals surface area contributed by atoms with E-state index in [1.807, 2.05) is 49.6 Å². The van der Waals surface area contributed by atoms with Gasteiger partial charge in [-0.25, -0.2) is 4.79 Å². The van der Waals surface area contributed by atoms with Crippen molar-refractivity contribution in [2.24, 2.45) is 5.92 Å². The maximum absolute atomic E-state index is 13.3. The molecule has 1 heterocycles. The number of carbonyl (C=O) groups is 3. The summed E-state index contributed by atoms with van der Waals surface area (Å²) in [6, 6.07) is 12.2. The average Bonchev–Trinajstić information content (AvgIpc) is 3.47. The average molecular weight is 619 g/mol. The van der Waals surface area contributed by atoms with Crippen molar-refractivity contribution in [2.45, 2.75) is 77.0 Å². The van der Waals surface area contributed by atoms with Gasteiger partial charge in [-0.3, -0.25) is 4.79 Å². The number of aryl methyl sites for hydroxylation is 1. The fourth-order valence-corrected chi connectivity index (χ4v) is 6.36. The number of hydrogen-bond acceptors (Lipinski definition) is 7. The summed E-state index contributed by atoms with van der Waals surface area (Å²) in [5.41, 5.74) is 3.87. The van der Waals surface area contributed by atoms with Crippen molar-refractivity contribution in [2.75, 3.05) is 31.8 Å². The Morgan fingerprint density at radius 3 is 2.51 bits per heavy atom. The summed E-state index contributed by atoms with van der Waals surface area (Å²) in [6.45, 7) is 3.89. The van der Waals surface area contributed by atoms with Gasteiger partial charge in [0.2, 0.25) is 0 Å². The molecule has 2 aromatic carbocycles. The minimum absolute atomic E-state index is 0. The molecule has 2 aliphatic rings. The Labute approximate surface area is 281 Å². The predicted octanol–water partition coefficient (Wildman–Crippen LogP) is 1.97. The second kappa shape index (κ2) is 18.1. The maximum Gasteiger partial charge on any atom is 1.00 e. The summed E-state index contributed by atoms with van der Waals surface area (Å²) in [5, 5.41) is 14.3. The van der Waals surface area contributed by atoms with Crippen LogP contribution in [0.4, 0.5) is 4.79 Å². The molecular formula is C33H43N2NaO6S. The van der Waals surface area contributed by atoms with E-state index in [2.05, 4.69) is 5.32 Å². The van der Waals surface area contributed by atoms with Crippen LogP contribution in [0.5, 0.6) is 0 Å². The van der Waals surface area contributed by atoms with E-state index in [4.69, 9.17) is 9.47 Å². The Hall–Kier alpha value is -2.04. The monoisotopic (exact) mass is 618 g/mol. The van der Waals surface area contributed by atoms with Crippen LogP contribution in [0.2, 0.25) is 0 Å². The molecule has 43 heavy (non-hydrogen) atoms. The molecule has 228 valence electrons. The molecule has 2 fully saturated rings. The normalized spacial score (nSPS) is 17.6. The number of carboxylic acid groups (broad SMARTS) is 1. The van der Waals surface area contributed by atoms with Crippen LogP contribution in [-0.2, 0) is 20.9 Å². The second-order valence-electron chi connectivity index (χ2n) is 11.4. The van der Waals surface area contributed by atoms with Crippen molar-refractivity contribution in [3.05, 3.63) is 59.2 Å². The number of thioether (sulfide) groups is 1. The molecule has 1 unspecified atom stereocenters. The van der Waals surface area contributed by atoms with E-state index in [9.17, 15) is 19.5 Å².